The Balaban J connectivity index is 1.68. The first kappa shape index (κ1) is 12.5. The van der Waals surface area contributed by atoms with Gasteiger partial charge in [-0.05, 0) is 36.5 Å². The molecule has 0 spiro atoms. The Morgan fingerprint density at radius 2 is 2.05 bits per heavy atom. The van der Waals surface area contributed by atoms with Gasteiger partial charge < -0.3 is 16.0 Å². The van der Waals surface area contributed by atoms with Crippen LogP contribution in [0.4, 0.5) is 5.69 Å². The fourth-order valence-electron chi connectivity index (χ4n) is 3.19. The predicted molar refractivity (Wildman–Crippen MR) is 75.8 cm³/mol. The second-order valence-corrected chi connectivity index (χ2v) is 5.58. The molecule has 2 aliphatic heterocycles. The third kappa shape index (κ3) is 2.59. The zero-order valence-electron chi connectivity index (χ0n) is 11.1. The number of benzene rings is 1. The highest BCUT2D eigenvalue weighted by Gasteiger charge is 2.33. The molecule has 1 aromatic rings. The highest BCUT2D eigenvalue weighted by atomic mass is 16.1. The summed E-state index contributed by atoms with van der Waals surface area (Å²) in [5.74, 6) is 0.822. The number of fused-ring (bicyclic) bond motifs is 1. The summed E-state index contributed by atoms with van der Waals surface area (Å²) in [5, 5.41) is 3.13. The standard InChI is InChI=1S/C15H21N3O/c16-9-11-1-4-13(5-2-11)18-8-7-14-12(10-18)3-6-15(19)17-14/h1-2,4-5,12,14H,3,6-10,16H2,(H,17,19). The van der Waals surface area contributed by atoms with Gasteiger partial charge >= 0.3 is 0 Å². The summed E-state index contributed by atoms with van der Waals surface area (Å²) in [4.78, 5) is 13.8. The zero-order chi connectivity index (χ0) is 13.2. The minimum Gasteiger partial charge on any atom is -0.371 e. The lowest BCUT2D eigenvalue weighted by atomic mass is 9.85. The minimum absolute atomic E-state index is 0.224. The van der Waals surface area contributed by atoms with Crippen LogP contribution in [0.1, 0.15) is 24.8 Å². The molecular weight excluding hydrogens is 238 g/mol. The highest BCUT2D eigenvalue weighted by molar-refractivity contribution is 5.77. The average Bonchev–Trinajstić information content (AvgIpc) is 2.47. The van der Waals surface area contributed by atoms with Gasteiger partial charge in [-0.3, -0.25) is 4.79 Å². The van der Waals surface area contributed by atoms with E-state index in [-0.39, 0.29) is 5.91 Å². The number of rotatable bonds is 2. The smallest absolute Gasteiger partial charge is 0.220 e. The lowest BCUT2D eigenvalue weighted by molar-refractivity contribution is -0.124. The number of nitrogens with zero attached hydrogens (tertiary/aromatic N) is 1. The van der Waals surface area contributed by atoms with Gasteiger partial charge in [-0.1, -0.05) is 12.1 Å². The molecule has 0 radical (unpaired) electrons. The number of carbonyl (C=O) groups excluding carboxylic acids is 1. The van der Waals surface area contributed by atoms with Crippen molar-refractivity contribution in [1.29, 1.82) is 0 Å². The van der Waals surface area contributed by atoms with Gasteiger partial charge in [0.05, 0.1) is 0 Å². The Labute approximate surface area is 114 Å². The molecule has 0 saturated carbocycles. The number of piperidine rings is 2. The number of nitrogens with two attached hydrogens (primary N) is 1. The molecule has 2 unspecified atom stereocenters. The zero-order valence-corrected chi connectivity index (χ0v) is 11.1. The second kappa shape index (κ2) is 5.21. The van der Waals surface area contributed by atoms with Crippen molar-refractivity contribution in [2.75, 3.05) is 18.0 Å². The fraction of sp³-hybridized carbons (Fsp3) is 0.533. The number of nitrogens with one attached hydrogen (secondary N) is 1. The number of hydrogen-bond acceptors (Lipinski definition) is 3. The van der Waals surface area contributed by atoms with Gasteiger partial charge in [0.1, 0.15) is 0 Å². The molecule has 3 rings (SSSR count). The molecule has 3 N–H and O–H groups in total. The monoisotopic (exact) mass is 259 g/mol. The molecule has 2 aliphatic rings. The Hall–Kier alpha value is -1.55. The van der Waals surface area contributed by atoms with E-state index in [2.05, 4.69) is 34.5 Å². The second-order valence-electron chi connectivity index (χ2n) is 5.58. The summed E-state index contributed by atoms with van der Waals surface area (Å²) < 4.78 is 0. The quantitative estimate of drug-likeness (QED) is 0.840. The van der Waals surface area contributed by atoms with E-state index in [9.17, 15) is 4.79 Å². The fourth-order valence-corrected chi connectivity index (χ4v) is 3.19. The van der Waals surface area contributed by atoms with Crippen LogP contribution in [0.3, 0.4) is 0 Å². The summed E-state index contributed by atoms with van der Waals surface area (Å²) in [6.45, 7) is 2.66. The van der Waals surface area contributed by atoms with E-state index in [1.807, 2.05) is 0 Å². The maximum atomic E-state index is 11.4. The van der Waals surface area contributed by atoms with E-state index in [1.54, 1.807) is 0 Å². The Kier molecular flexibility index (Phi) is 3.42. The van der Waals surface area contributed by atoms with Crippen molar-refractivity contribution in [1.82, 2.24) is 5.32 Å². The summed E-state index contributed by atoms with van der Waals surface area (Å²) in [6, 6.07) is 8.91. The molecule has 0 aromatic heterocycles. The van der Waals surface area contributed by atoms with Crippen LogP contribution < -0.4 is 16.0 Å². The van der Waals surface area contributed by atoms with E-state index < -0.39 is 0 Å². The van der Waals surface area contributed by atoms with Gasteiger partial charge in [-0.25, -0.2) is 0 Å². The molecule has 2 saturated heterocycles. The first-order valence-electron chi connectivity index (χ1n) is 7.09. The van der Waals surface area contributed by atoms with Crippen molar-refractivity contribution >= 4 is 11.6 Å². The molecule has 4 nitrogen and oxygen atoms in total. The third-order valence-corrected chi connectivity index (χ3v) is 4.36. The maximum absolute atomic E-state index is 11.4. The minimum atomic E-state index is 0.224. The topological polar surface area (TPSA) is 58.4 Å². The average molecular weight is 259 g/mol. The van der Waals surface area contributed by atoms with Crippen LogP contribution in [0, 0.1) is 5.92 Å². The van der Waals surface area contributed by atoms with Crippen molar-refractivity contribution in [2.45, 2.75) is 31.8 Å². The van der Waals surface area contributed by atoms with Gasteiger partial charge in [0.25, 0.3) is 0 Å². The van der Waals surface area contributed by atoms with E-state index in [0.717, 1.165) is 25.9 Å². The van der Waals surface area contributed by atoms with Gasteiger partial charge in [0.2, 0.25) is 5.91 Å². The van der Waals surface area contributed by atoms with E-state index in [1.165, 1.54) is 11.3 Å². The van der Waals surface area contributed by atoms with Crippen molar-refractivity contribution in [2.24, 2.45) is 11.7 Å². The molecule has 0 bridgehead atoms. The number of anilines is 1. The number of carbonyl (C=O) groups is 1. The van der Waals surface area contributed by atoms with Crippen molar-refractivity contribution < 1.29 is 4.79 Å². The van der Waals surface area contributed by atoms with Crippen LogP contribution in [0.25, 0.3) is 0 Å². The van der Waals surface area contributed by atoms with Crippen molar-refractivity contribution in [3.05, 3.63) is 29.8 Å². The Morgan fingerprint density at radius 1 is 1.26 bits per heavy atom. The molecule has 0 aliphatic carbocycles. The largest absolute Gasteiger partial charge is 0.371 e. The van der Waals surface area contributed by atoms with Crippen LogP contribution in [-0.4, -0.2) is 25.0 Å². The molecule has 2 heterocycles. The number of hydrogen-bond donors (Lipinski definition) is 2. The molecule has 1 amide bonds. The summed E-state index contributed by atoms with van der Waals surface area (Å²) in [6.07, 6.45) is 2.75. The van der Waals surface area contributed by atoms with Gasteiger partial charge in [-0.15, -0.1) is 0 Å². The SMILES string of the molecule is NCc1ccc(N2CCC3NC(=O)CCC3C2)cc1. The molecule has 1 aromatic carbocycles. The van der Waals surface area contributed by atoms with Crippen LogP contribution >= 0.6 is 0 Å². The molecule has 2 atom stereocenters. The first-order chi connectivity index (χ1) is 9.26. The van der Waals surface area contributed by atoms with Crippen LogP contribution in [0.2, 0.25) is 0 Å². The molecular formula is C15H21N3O. The van der Waals surface area contributed by atoms with Gasteiger partial charge in [0.15, 0.2) is 0 Å². The normalized spacial score (nSPS) is 26.8. The highest BCUT2D eigenvalue weighted by Crippen LogP contribution is 2.28. The molecule has 2 fully saturated rings. The van der Waals surface area contributed by atoms with Crippen molar-refractivity contribution in [3.63, 3.8) is 0 Å². The Morgan fingerprint density at radius 3 is 2.79 bits per heavy atom. The molecule has 19 heavy (non-hydrogen) atoms. The summed E-state index contributed by atoms with van der Waals surface area (Å²) >= 11 is 0. The van der Waals surface area contributed by atoms with Gasteiger partial charge in [-0.2, -0.15) is 0 Å². The third-order valence-electron chi connectivity index (χ3n) is 4.36. The van der Waals surface area contributed by atoms with E-state index >= 15 is 0 Å². The number of amides is 1. The summed E-state index contributed by atoms with van der Waals surface area (Å²) in [7, 11) is 0. The van der Waals surface area contributed by atoms with Crippen LogP contribution in [0.5, 0.6) is 0 Å². The van der Waals surface area contributed by atoms with Crippen LogP contribution in [0.15, 0.2) is 24.3 Å². The Bertz CT molecular complexity index is 457. The van der Waals surface area contributed by atoms with Crippen LogP contribution in [-0.2, 0) is 11.3 Å². The van der Waals surface area contributed by atoms with E-state index in [4.69, 9.17) is 5.73 Å². The lowest BCUT2D eigenvalue weighted by Crippen LogP contribution is -2.54. The van der Waals surface area contributed by atoms with Gasteiger partial charge in [0, 0.05) is 37.8 Å². The van der Waals surface area contributed by atoms with Crippen molar-refractivity contribution in [3.8, 4) is 0 Å². The summed E-state index contributed by atoms with van der Waals surface area (Å²) in [5.41, 5.74) is 8.07. The molecule has 4 heteroatoms. The lowest BCUT2D eigenvalue weighted by Gasteiger charge is -2.42. The predicted octanol–water partition coefficient (Wildman–Crippen LogP) is 1.25. The molecule has 102 valence electrons. The maximum Gasteiger partial charge on any atom is 0.220 e. The first-order valence-corrected chi connectivity index (χ1v) is 7.09. The van der Waals surface area contributed by atoms with E-state index in [0.29, 0.717) is 24.9 Å².